The smallest absolute Gasteiger partial charge is 0.408 e. The maximum Gasteiger partial charge on any atom is 0.408 e. The molecule has 3 amide bonds. The molecule has 3 N–H and O–H groups in total. The Labute approximate surface area is 236 Å². The molecular weight excluding hydrogens is 602 g/mol. The quantitative estimate of drug-likeness (QED) is 0.340. The number of rotatable bonds is 10. The lowest BCUT2D eigenvalue weighted by Gasteiger charge is -2.24. The van der Waals surface area contributed by atoms with E-state index < -0.39 is 39.6 Å². The molecule has 2 aromatic carbocycles. The zero-order chi connectivity index (χ0) is 28.7. The molecule has 208 valence electrons. The van der Waals surface area contributed by atoms with Crippen molar-refractivity contribution in [3.63, 3.8) is 0 Å². The molecule has 0 fully saturated rings. The number of sulfonamides is 1. The van der Waals surface area contributed by atoms with Gasteiger partial charge in [-0.15, -0.1) is 0 Å². The van der Waals surface area contributed by atoms with E-state index in [9.17, 15) is 22.8 Å². The predicted molar refractivity (Wildman–Crippen MR) is 148 cm³/mol. The Balaban J connectivity index is 2.01. The minimum absolute atomic E-state index is 0.0185. The van der Waals surface area contributed by atoms with Crippen LogP contribution in [0.15, 0.2) is 51.8 Å². The van der Waals surface area contributed by atoms with E-state index in [0.29, 0.717) is 16.5 Å². The van der Waals surface area contributed by atoms with E-state index in [2.05, 4.69) is 26.6 Å². The lowest BCUT2D eigenvalue weighted by molar-refractivity contribution is -0.121. The summed E-state index contributed by atoms with van der Waals surface area (Å²) in [5.74, 6) is -1.07. The van der Waals surface area contributed by atoms with E-state index in [1.165, 1.54) is 24.3 Å². The number of hydrogen-bond donors (Lipinski definition) is 3. The summed E-state index contributed by atoms with van der Waals surface area (Å²) >= 11 is 9.34. The van der Waals surface area contributed by atoms with Crippen LogP contribution in [-0.4, -0.2) is 44.6 Å². The summed E-state index contributed by atoms with van der Waals surface area (Å²) in [4.78, 5) is 36.9. The number of nitrogens with one attached hydrogen (secondary N) is 3. The molecular formula is C25H31BrClN3O7S. The molecule has 38 heavy (non-hydrogen) atoms. The molecule has 0 aliphatic heterocycles. The summed E-state index contributed by atoms with van der Waals surface area (Å²) in [5.41, 5.74) is -0.473. The van der Waals surface area contributed by atoms with Crippen LogP contribution in [0.5, 0.6) is 5.75 Å². The van der Waals surface area contributed by atoms with Crippen LogP contribution in [0.3, 0.4) is 0 Å². The zero-order valence-corrected chi connectivity index (χ0v) is 24.8. The van der Waals surface area contributed by atoms with E-state index in [1.54, 1.807) is 39.0 Å². The first-order valence-corrected chi connectivity index (χ1v) is 14.2. The average Bonchev–Trinajstić information content (AvgIpc) is 2.76. The fraction of sp³-hybridized carbons (Fsp3) is 0.400. The van der Waals surface area contributed by atoms with Gasteiger partial charge < -0.3 is 20.1 Å². The van der Waals surface area contributed by atoms with Crippen molar-refractivity contribution in [2.75, 3.05) is 11.9 Å². The molecule has 0 heterocycles. The molecule has 0 aliphatic carbocycles. The molecule has 0 spiro atoms. The number of benzene rings is 2. The normalized spacial score (nSPS) is 12.4. The highest BCUT2D eigenvalue weighted by atomic mass is 79.9. The predicted octanol–water partition coefficient (Wildman–Crippen LogP) is 4.86. The third-order valence-corrected chi connectivity index (χ3v) is 6.80. The van der Waals surface area contributed by atoms with Crippen LogP contribution in [0.4, 0.5) is 10.5 Å². The van der Waals surface area contributed by atoms with Crippen LogP contribution in [0.25, 0.3) is 0 Å². The SMILES string of the molecule is CC(C)C[C@H](NC(=O)OC(C)(C)C)C(=O)NS(=O)(=O)c1ccc(NC(=O)COc2ccc(Br)cc2Cl)cc1. The van der Waals surface area contributed by atoms with Crippen LogP contribution in [0.2, 0.25) is 5.02 Å². The van der Waals surface area contributed by atoms with Gasteiger partial charge in [0.15, 0.2) is 6.61 Å². The molecule has 2 rings (SSSR count). The highest BCUT2D eigenvalue weighted by Crippen LogP contribution is 2.27. The molecule has 10 nitrogen and oxygen atoms in total. The number of anilines is 1. The summed E-state index contributed by atoms with van der Waals surface area (Å²) in [6, 6.07) is 9.04. The minimum Gasteiger partial charge on any atom is -0.482 e. The average molecular weight is 633 g/mol. The van der Waals surface area contributed by atoms with Crippen molar-refractivity contribution >= 4 is 61.1 Å². The zero-order valence-electron chi connectivity index (χ0n) is 21.6. The van der Waals surface area contributed by atoms with E-state index in [1.807, 2.05) is 18.6 Å². The van der Waals surface area contributed by atoms with Crippen LogP contribution in [0, 0.1) is 5.92 Å². The van der Waals surface area contributed by atoms with Gasteiger partial charge >= 0.3 is 6.09 Å². The summed E-state index contributed by atoms with van der Waals surface area (Å²) in [6.45, 7) is 8.36. The molecule has 0 aromatic heterocycles. The Hall–Kier alpha value is -2.83. The highest BCUT2D eigenvalue weighted by Gasteiger charge is 2.28. The number of hydrogen-bond acceptors (Lipinski definition) is 7. The number of carbonyl (C=O) groups excluding carboxylic acids is 3. The molecule has 0 saturated carbocycles. The van der Waals surface area contributed by atoms with Gasteiger partial charge in [0.1, 0.15) is 17.4 Å². The lowest BCUT2D eigenvalue weighted by atomic mass is 10.0. The summed E-state index contributed by atoms with van der Waals surface area (Å²) < 4.78 is 38.9. The van der Waals surface area contributed by atoms with Crippen molar-refractivity contribution in [1.29, 1.82) is 0 Å². The van der Waals surface area contributed by atoms with Gasteiger partial charge in [-0.05, 0) is 75.6 Å². The van der Waals surface area contributed by atoms with Crippen molar-refractivity contribution in [2.24, 2.45) is 5.92 Å². The van der Waals surface area contributed by atoms with E-state index in [0.717, 1.165) is 4.47 Å². The van der Waals surface area contributed by atoms with Crippen LogP contribution in [0.1, 0.15) is 41.0 Å². The first-order valence-electron chi connectivity index (χ1n) is 11.6. The van der Waals surface area contributed by atoms with E-state index >= 15 is 0 Å². The van der Waals surface area contributed by atoms with Crippen LogP contribution < -0.4 is 20.1 Å². The van der Waals surface area contributed by atoms with Gasteiger partial charge in [-0.1, -0.05) is 41.4 Å². The summed E-state index contributed by atoms with van der Waals surface area (Å²) in [6.07, 6.45) is -0.638. The van der Waals surface area contributed by atoms with Crippen molar-refractivity contribution in [1.82, 2.24) is 10.0 Å². The van der Waals surface area contributed by atoms with Gasteiger partial charge in [0, 0.05) is 10.2 Å². The topological polar surface area (TPSA) is 140 Å². The molecule has 0 unspecified atom stereocenters. The van der Waals surface area contributed by atoms with E-state index in [-0.39, 0.29) is 23.8 Å². The van der Waals surface area contributed by atoms with Gasteiger partial charge in [0.25, 0.3) is 21.8 Å². The molecule has 0 aliphatic rings. The van der Waals surface area contributed by atoms with Crippen LogP contribution in [-0.2, 0) is 24.3 Å². The van der Waals surface area contributed by atoms with Crippen molar-refractivity contribution in [2.45, 2.75) is 57.6 Å². The van der Waals surface area contributed by atoms with Gasteiger partial charge in [-0.2, -0.15) is 0 Å². The van der Waals surface area contributed by atoms with E-state index in [4.69, 9.17) is 21.1 Å². The first-order chi connectivity index (χ1) is 17.6. The maximum absolute atomic E-state index is 12.8. The molecule has 13 heteroatoms. The van der Waals surface area contributed by atoms with Crippen LogP contribution >= 0.6 is 27.5 Å². The Morgan fingerprint density at radius 1 is 1.05 bits per heavy atom. The summed E-state index contributed by atoms with van der Waals surface area (Å²) in [5, 5.41) is 5.35. The fourth-order valence-corrected chi connectivity index (χ4v) is 4.81. The van der Waals surface area contributed by atoms with Gasteiger partial charge in [-0.3, -0.25) is 9.59 Å². The monoisotopic (exact) mass is 631 g/mol. The standard InChI is InChI=1S/C25H31BrClN3O7S/c1-15(2)12-20(29-24(33)37-25(3,4)5)23(32)30-38(34,35)18-9-7-17(8-10-18)28-22(31)14-36-21-11-6-16(26)13-19(21)27/h6-11,13,15,20H,12,14H2,1-5H3,(H,28,31)(H,29,33)(H,30,32)/t20-/m0/s1. The fourth-order valence-electron chi connectivity index (χ4n) is 3.07. The number of ether oxygens (including phenoxy) is 2. The Morgan fingerprint density at radius 3 is 2.24 bits per heavy atom. The number of amides is 3. The van der Waals surface area contributed by atoms with Gasteiger partial charge in [0.05, 0.1) is 9.92 Å². The Bertz CT molecular complexity index is 1260. The minimum atomic E-state index is -4.26. The largest absolute Gasteiger partial charge is 0.482 e. The maximum atomic E-state index is 12.8. The van der Waals surface area contributed by atoms with Crippen molar-refractivity contribution < 1.29 is 32.3 Å². The Morgan fingerprint density at radius 2 is 1.68 bits per heavy atom. The molecule has 0 bridgehead atoms. The number of carbonyl (C=O) groups is 3. The molecule has 0 saturated heterocycles. The van der Waals surface area contributed by atoms with Gasteiger partial charge in [0.2, 0.25) is 0 Å². The second-order valence-electron chi connectivity index (χ2n) is 9.73. The molecule has 1 atom stereocenters. The summed E-state index contributed by atoms with van der Waals surface area (Å²) in [7, 11) is -4.26. The lowest BCUT2D eigenvalue weighted by Crippen LogP contribution is -2.50. The highest BCUT2D eigenvalue weighted by molar-refractivity contribution is 9.10. The van der Waals surface area contributed by atoms with Crippen molar-refractivity contribution in [3.05, 3.63) is 52.0 Å². The molecule has 2 aromatic rings. The van der Waals surface area contributed by atoms with Gasteiger partial charge in [-0.25, -0.2) is 17.9 Å². The second kappa shape index (κ2) is 13.3. The third-order valence-electron chi connectivity index (χ3n) is 4.65. The molecule has 0 radical (unpaired) electrons. The van der Waals surface area contributed by atoms with Crippen molar-refractivity contribution in [3.8, 4) is 5.75 Å². The first kappa shape index (κ1) is 31.4. The Kier molecular flexibility index (Phi) is 11.0. The second-order valence-corrected chi connectivity index (χ2v) is 12.7. The number of halogens is 2. The number of alkyl carbamates (subject to hydrolysis) is 1. The third kappa shape index (κ3) is 10.5.